The summed E-state index contributed by atoms with van der Waals surface area (Å²) < 4.78 is 10.6. The van der Waals surface area contributed by atoms with Gasteiger partial charge in [-0.1, -0.05) is 12.1 Å². The van der Waals surface area contributed by atoms with Crippen LogP contribution in [0.3, 0.4) is 0 Å². The predicted molar refractivity (Wildman–Crippen MR) is 122 cm³/mol. The molecule has 1 saturated heterocycles. The van der Waals surface area contributed by atoms with Crippen LogP contribution >= 0.6 is 24.8 Å². The molecule has 1 aliphatic heterocycles. The average Bonchev–Trinajstić information content (AvgIpc) is 2.70. The summed E-state index contributed by atoms with van der Waals surface area (Å²) in [5, 5.41) is 3.53. The number of halogens is 2. The number of ether oxygens (including phenoxy) is 2. The fourth-order valence-corrected chi connectivity index (χ4v) is 3.32. The number of piperidine rings is 1. The normalized spacial score (nSPS) is 13.7. The van der Waals surface area contributed by atoms with Crippen LogP contribution in [0.25, 0.3) is 0 Å². The summed E-state index contributed by atoms with van der Waals surface area (Å²) in [6, 6.07) is 13.6. The van der Waals surface area contributed by atoms with Gasteiger partial charge in [0.25, 0.3) is 0 Å². The van der Waals surface area contributed by atoms with Gasteiger partial charge in [-0.15, -0.1) is 24.8 Å². The molecule has 0 aliphatic carbocycles. The second-order valence-corrected chi connectivity index (χ2v) is 6.82. The van der Waals surface area contributed by atoms with Crippen LogP contribution in [0.2, 0.25) is 0 Å². The quantitative estimate of drug-likeness (QED) is 0.666. The zero-order valence-electron chi connectivity index (χ0n) is 16.7. The maximum Gasteiger partial charge on any atom is 0.226 e. The van der Waals surface area contributed by atoms with Crippen LogP contribution in [0.1, 0.15) is 18.4 Å². The third-order valence-electron chi connectivity index (χ3n) is 4.90. The number of hydrogen-bond acceptors (Lipinski definition) is 5. The Morgan fingerprint density at radius 3 is 2.10 bits per heavy atom. The third kappa shape index (κ3) is 6.91. The Hall–Kier alpha value is -2.31. The molecule has 29 heavy (non-hydrogen) atoms. The number of amides is 1. The van der Waals surface area contributed by atoms with Gasteiger partial charge in [0.15, 0.2) is 0 Å². The molecule has 0 aromatic heterocycles. The SMILES string of the molecule is COc1cc(NC2CCN(C(=O)Cc3ccc(N)cc3)CC2)cc(OC)c1.Cl.Cl. The van der Waals surface area contributed by atoms with Crippen molar-refractivity contribution >= 4 is 42.1 Å². The highest BCUT2D eigenvalue weighted by Crippen LogP contribution is 2.27. The van der Waals surface area contributed by atoms with E-state index in [1.807, 2.05) is 47.4 Å². The van der Waals surface area contributed by atoms with Gasteiger partial charge in [0.2, 0.25) is 5.91 Å². The van der Waals surface area contributed by atoms with Crippen molar-refractivity contribution in [1.29, 1.82) is 0 Å². The minimum Gasteiger partial charge on any atom is -0.497 e. The number of likely N-dealkylation sites (tertiary alicyclic amines) is 1. The molecule has 0 bridgehead atoms. The molecular weight excluding hydrogens is 413 g/mol. The van der Waals surface area contributed by atoms with Crippen LogP contribution in [0.4, 0.5) is 11.4 Å². The van der Waals surface area contributed by atoms with Gasteiger partial charge in [0.05, 0.1) is 20.6 Å². The zero-order valence-corrected chi connectivity index (χ0v) is 18.4. The zero-order chi connectivity index (χ0) is 19.2. The number of nitrogens with zero attached hydrogens (tertiary/aromatic N) is 1. The molecule has 0 saturated carbocycles. The van der Waals surface area contributed by atoms with Crippen molar-refractivity contribution in [2.24, 2.45) is 0 Å². The van der Waals surface area contributed by atoms with Crippen molar-refractivity contribution in [3.05, 3.63) is 48.0 Å². The van der Waals surface area contributed by atoms with E-state index in [9.17, 15) is 4.79 Å². The van der Waals surface area contributed by atoms with Crippen molar-refractivity contribution in [2.45, 2.75) is 25.3 Å². The molecular formula is C21H29Cl2N3O3. The lowest BCUT2D eigenvalue weighted by Gasteiger charge is -2.33. The average molecular weight is 442 g/mol. The van der Waals surface area contributed by atoms with Gasteiger partial charge in [-0.3, -0.25) is 4.79 Å². The molecule has 1 amide bonds. The number of carbonyl (C=O) groups excluding carboxylic acids is 1. The molecule has 0 radical (unpaired) electrons. The second kappa shape index (κ2) is 11.6. The van der Waals surface area contributed by atoms with Crippen LogP contribution in [-0.2, 0) is 11.2 Å². The predicted octanol–water partition coefficient (Wildman–Crippen LogP) is 3.78. The summed E-state index contributed by atoms with van der Waals surface area (Å²) in [5.41, 5.74) is 8.38. The molecule has 6 nitrogen and oxygen atoms in total. The molecule has 160 valence electrons. The van der Waals surface area contributed by atoms with E-state index in [1.54, 1.807) is 14.2 Å². The molecule has 0 atom stereocenters. The summed E-state index contributed by atoms with van der Waals surface area (Å²) >= 11 is 0. The van der Waals surface area contributed by atoms with Gasteiger partial charge in [0.1, 0.15) is 11.5 Å². The highest BCUT2D eigenvalue weighted by Gasteiger charge is 2.23. The maximum absolute atomic E-state index is 12.5. The standard InChI is InChI=1S/C21H27N3O3.2ClH/c1-26-19-12-18(13-20(14-19)27-2)23-17-7-9-24(10-8-17)21(25)11-15-3-5-16(22)6-4-15;;/h3-6,12-14,17,23H,7-11,22H2,1-2H3;2*1H. The number of nitrogen functional groups attached to an aromatic ring is 1. The summed E-state index contributed by atoms with van der Waals surface area (Å²) in [7, 11) is 3.29. The minimum atomic E-state index is 0. The Morgan fingerprint density at radius 2 is 1.59 bits per heavy atom. The summed E-state index contributed by atoms with van der Waals surface area (Å²) in [4.78, 5) is 14.5. The van der Waals surface area contributed by atoms with Gasteiger partial charge in [0, 0.05) is 48.7 Å². The van der Waals surface area contributed by atoms with Crippen LogP contribution in [0.5, 0.6) is 11.5 Å². The van der Waals surface area contributed by atoms with Gasteiger partial charge in [-0.25, -0.2) is 0 Å². The van der Waals surface area contributed by atoms with Crippen molar-refractivity contribution in [3.63, 3.8) is 0 Å². The summed E-state index contributed by atoms with van der Waals surface area (Å²) in [6.07, 6.45) is 2.24. The Kier molecular flexibility index (Phi) is 9.92. The van der Waals surface area contributed by atoms with E-state index >= 15 is 0 Å². The molecule has 0 unspecified atom stereocenters. The van der Waals surface area contributed by atoms with Gasteiger partial charge >= 0.3 is 0 Å². The monoisotopic (exact) mass is 441 g/mol. The molecule has 2 aromatic carbocycles. The first-order chi connectivity index (χ1) is 13.1. The van der Waals surface area contributed by atoms with Crippen molar-refractivity contribution < 1.29 is 14.3 Å². The first-order valence-electron chi connectivity index (χ1n) is 9.19. The fourth-order valence-electron chi connectivity index (χ4n) is 3.32. The molecule has 0 spiro atoms. The first-order valence-corrected chi connectivity index (χ1v) is 9.19. The van der Waals surface area contributed by atoms with E-state index < -0.39 is 0 Å². The van der Waals surface area contributed by atoms with Crippen LogP contribution < -0.4 is 20.5 Å². The Bertz CT molecular complexity index is 757. The van der Waals surface area contributed by atoms with Crippen LogP contribution in [-0.4, -0.2) is 44.2 Å². The lowest BCUT2D eigenvalue weighted by atomic mass is 10.0. The maximum atomic E-state index is 12.5. The smallest absolute Gasteiger partial charge is 0.226 e. The van der Waals surface area contributed by atoms with E-state index in [0.717, 1.165) is 48.7 Å². The highest BCUT2D eigenvalue weighted by molar-refractivity contribution is 5.85. The third-order valence-corrected chi connectivity index (χ3v) is 4.90. The Balaban J connectivity index is 0.00000210. The van der Waals surface area contributed by atoms with E-state index in [-0.39, 0.29) is 30.7 Å². The lowest BCUT2D eigenvalue weighted by molar-refractivity contribution is -0.131. The van der Waals surface area contributed by atoms with E-state index in [1.165, 1.54) is 0 Å². The Morgan fingerprint density at radius 1 is 1.03 bits per heavy atom. The van der Waals surface area contributed by atoms with Gasteiger partial charge in [-0.05, 0) is 30.5 Å². The molecule has 1 heterocycles. The number of nitrogens with two attached hydrogens (primary N) is 1. The first kappa shape index (κ1) is 24.7. The topological polar surface area (TPSA) is 76.8 Å². The number of nitrogens with one attached hydrogen (secondary N) is 1. The van der Waals surface area contributed by atoms with Crippen LogP contribution in [0, 0.1) is 0 Å². The van der Waals surface area contributed by atoms with E-state index in [4.69, 9.17) is 15.2 Å². The van der Waals surface area contributed by atoms with Crippen molar-refractivity contribution in [1.82, 2.24) is 4.90 Å². The fraction of sp³-hybridized carbons (Fsp3) is 0.381. The molecule has 1 fully saturated rings. The Labute approximate surface area is 184 Å². The van der Waals surface area contributed by atoms with Gasteiger partial charge in [-0.2, -0.15) is 0 Å². The molecule has 3 rings (SSSR count). The highest BCUT2D eigenvalue weighted by atomic mass is 35.5. The lowest BCUT2D eigenvalue weighted by Crippen LogP contribution is -2.43. The largest absolute Gasteiger partial charge is 0.497 e. The summed E-state index contributed by atoms with van der Waals surface area (Å²) in [5.74, 6) is 1.68. The number of anilines is 2. The number of benzene rings is 2. The number of methoxy groups -OCH3 is 2. The number of hydrogen-bond donors (Lipinski definition) is 2. The summed E-state index contributed by atoms with van der Waals surface area (Å²) in [6.45, 7) is 1.51. The minimum absolute atomic E-state index is 0. The van der Waals surface area contributed by atoms with Crippen LogP contribution in [0.15, 0.2) is 42.5 Å². The van der Waals surface area contributed by atoms with E-state index in [0.29, 0.717) is 18.2 Å². The molecule has 3 N–H and O–H groups in total. The number of carbonyl (C=O) groups is 1. The molecule has 1 aliphatic rings. The van der Waals surface area contributed by atoms with Crippen molar-refractivity contribution in [2.75, 3.05) is 38.4 Å². The van der Waals surface area contributed by atoms with Gasteiger partial charge < -0.3 is 25.4 Å². The molecule has 2 aromatic rings. The van der Waals surface area contributed by atoms with Crippen molar-refractivity contribution in [3.8, 4) is 11.5 Å². The van der Waals surface area contributed by atoms with E-state index in [2.05, 4.69) is 5.32 Å². The second-order valence-electron chi connectivity index (χ2n) is 6.82. The number of rotatable bonds is 6. The molecule has 8 heteroatoms.